The van der Waals surface area contributed by atoms with Gasteiger partial charge in [0.25, 0.3) is 0 Å². The van der Waals surface area contributed by atoms with Crippen molar-refractivity contribution < 1.29 is 0 Å². The summed E-state index contributed by atoms with van der Waals surface area (Å²) in [4.78, 5) is 0. The fourth-order valence-electron chi connectivity index (χ4n) is 4.26. The van der Waals surface area contributed by atoms with Crippen molar-refractivity contribution >= 4 is 0 Å². The lowest BCUT2D eigenvalue weighted by atomic mass is 9.61. The Bertz CT molecular complexity index is 402. The molecule has 0 aromatic rings. The van der Waals surface area contributed by atoms with Crippen molar-refractivity contribution in [3.63, 3.8) is 0 Å². The van der Waals surface area contributed by atoms with Crippen LogP contribution in [-0.2, 0) is 0 Å². The molecule has 0 radical (unpaired) electrons. The highest BCUT2D eigenvalue weighted by Crippen LogP contribution is 2.48. The van der Waals surface area contributed by atoms with Crippen molar-refractivity contribution in [3.8, 4) is 0 Å². The van der Waals surface area contributed by atoms with Crippen LogP contribution < -0.4 is 5.32 Å². The second-order valence-corrected chi connectivity index (χ2v) is 7.60. The fraction of sp³-hybridized carbons (Fsp3) is 0.700. The lowest BCUT2D eigenvalue weighted by molar-refractivity contribution is 0.168. The van der Waals surface area contributed by atoms with Gasteiger partial charge in [-0.25, -0.2) is 0 Å². The summed E-state index contributed by atoms with van der Waals surface area (Å²) in [5, 5.41) is 3.72. The van der Waals surface area contributed by atoms with Crippen LogP contribution in [0.15, 0.2) is 37.0 Å². The van der Waals surface area contributed by atoms with Crippen LogP contribution in [0.4, 0.5) is 0 Å². The largest absolute Gasteiger partial charge is 0.310 e. The number of hydrogen-bond acceptors (Lipinski definition) is 1. The van der Waals surface area contributed by atoms with Gasteiger partial charge in [-0.05, 0) is 56.3 Å². The molecule has 2 saturated carbocycles. The van der Waals surface area contributed by atoms with Crippen molar-refractivity contribution in [2.24, 2.45) is 17.3 Å². The highest BCUT2D eigenvalue weighted by Gasteiger charge is 2.38. The van der Waals surface area contributed by atoms with Crippen molar-refractivity contribution in [2.75, 3.05) is 6.54 Å². The summed E-state index contributed by atoms with van der Waals surface area (Å²) < 4.78 is 0. The third-order valence-electron chi connectivity index (χ3n) is 5.96. The molecule has 0 saturated heterocycles. The lowest BCUT2D eigenvalue weighted by Gasteiger charge is -2.44. The zero-order valence-corrected chi connectivity index (χ0v) is 14.1. The third kappa shape index (κ3) is 3.88. The molecule has 0 spiro atoms. The van der Waals surface area contributed by atoms with E-state index in [-0.39, 0.29) is 5.41 Å². The molecule has 0 unspecified atom stereocenters. The molecule has 0 aromatic carbocycles. The average Bonchev–Trinajstić information content (AvgIpc) is 2.98. The third-order valence-corrected chi connectivity index (χ3v) is 5.96. The van der Waals surface area contributed by atoms with Crippen molar-refractivity contribution in [3.05, 3.63) is 37.0 Å². The maximum Gasteiger partial charge on any atom is 0.0167 e. The second-order valence-electron chi connectivity index (χ2n) is 7.60. The SMILES string of the molecule is C=C[C@]1(C)CC[C@@H](C(=C)CNC2CCCC2)C[C@H]1C(=C)C. The first-order chi connectivity index (χ1) is 9.96. The smallest absolute Gasteiger partial charge is 0.0167 e. The molecule has 2 fully saturated rings. The molecule has 1 N–H and O–H groups in total. The maximum absolute atomic E-state index is 4.39. The molecule has 0 aliphatic heterocycles. The summed E-state index contributed by atoms with van der Waals surface area (Å²) in [5.74, 6) is 1.20. The summed E-state index contributed by atoms with van der Waals surface area (Å²) >= 11 is 0. The van der Waals surface area contributed by atoms with E-state index in [1.54, 1.807) is 0 Å². The van der Waals surface area contributed by atoms with Gasteiger partial charge in [0.2, 0.25) is 0 Å². The first kappa shape index (κ1) is 16.5. The van der Waals surface area contributed by atoms with Gasteiger partial charge in [-0.3, -0.25) is 0 Å². The minimum Gasteiger partial charge on any atom is -0.310 e. The predicted molar refractivity (Wildman–Crippen MR) is 93.3 cm³/mol. The van der Waals surface area contributed by atoms with Crippen molar-refractivity contribution in [1.29, 1.82) is 0 Å². The van der Waals surface area contributed by atoms with Crippen LogP contribution in [0.3, 0.4) is 0 Å². The van der Waals surface area contributed by atoms with E-state index in [9.17, 15) is 0 Å². The van der Waals surface area contributed by atoms with Gasteiger partial charge in [-0.2, -0.15) is 0 Å². The van der Waals surface area contributed by atoms with E-state index in [0.717, 1.165) is 12.6 Å². The summed E-state index contributed by atoms with van der Waals surface area (Å²) in [6, 6.07) is 0.737. The van der Waals surface area contributed by atoms with Gasteiger partial charge in [0.05, 0.1) is 0 Å². The van der Waals surface area contributed by atoms with E-state index in [1.165, 1.54) is 56.1 Å². The molecule has 0 heterocycles. The quantitative estimate of drug-likeness (QED) is 0.657. The first-order valence-electron chi connectivity index (χ1n) is 8.66. The highest BCUT2D eigenvalue weighted by molar-refractivity contribution is 5.16. The lowest BCUT2D eigenvalue weighted by Crippen LogP contribution is -2.36. The Balaban J connectivity index is 1.90. The van der Waals surface area contributed by atoms with Gasteiger partial charge < -0.3 is 5.32 Å². The summed E-state index contributed by atoms with van der Waals surface area (Å²) in [7, 11) is 0. The molecule has 21 heavy (non-hydrogen) atoms. The van der Waals surface area contributed by atoms with E-state index >= 15 is 0 Å². The van der Waals surface area contributed by atoms with E-state index in [2.05, 4.69) is 45.0 Å². The van der Waals surface area contributed by atoms with Gasteiger partial charge >= 0.3 is 0 Å². The predicted octanol–water partition coefficient (Wildman–Crippen LogP) is 5.26. The van der Waals surface area contributed by atoms with E-state index in [4.69, 9.17) is 0 Å². The molecule has 2 aliphatic carbocycles. The Morgan fingerprint density at radius 2 is 1.90 bits per heavy atom. The minimum atomic E-state index is 0.224. The monoisotopic (exact) mass is 287 g/mol. The van der Waals surface area contributed by atoms with Gasteiger partial charge in [-0.1, -0.05) is 50.1 Å². The molecule has 2 aliphatic rings. The fourth-order valence-corrected chi connectivity index (χ4v) is 4.26. The summed E-state index contributed by atoms with van der Waals surface area (Å²) in [6.45, 7) is 18.2. The number of allylic oxidation sites excluding steroid dienone is 2. The molecule has 3 atom stereocenters. The first-order valence-corrected chi connectivity index (χ1v) is 8.66. The van der Waals surface area contributed by atoms with Gasteiger partial charge in [0.15, 0.2) is 0 Å². The van der Waals surface area contributed by atoms with Crippen LogP contribution in [0, 0.1) is 17.3 Å². The second kappa shape index (κ2) is 6.96. The van der Waals surface area contributed by atoms with Crippen LogP contribution in [0.5, 0.6) is 0 Å². The standard InChI is InChI=1S/C20H33N/c1-6-20(5)12-11-17(13-19(20)15(2)3)16(4)14-21-18-9-7-8-10-18/h6,17-19,21H,1-2,4,7-14H2,3,5H3/t17-,19+,20-/m1/s1. The highest BCUT2D eigenvalue weighted by atomic mass is 14.9. The van der Waals surface area contributed by atoms with Crippen LogP contribution in [-0.4, -0.2) is 12.6 Å². The Morgan fingerprint density at radius 3 is 2.48 bits per heavy atom. The Morgan fingerprint density at radius 1 is 1.24 bits per heavy atom. The Kier molecular flexibility index (Phi) is 5.48. The molecule has 1 nitrogen and oxygen atoms in total. The number of nitrogens with one attached hydrogen (secondary N) is 1. The normalized spacial score (nSPS) is 33.8. The summed E-state index contributed by atoms with van der Waals surface area (Å²) in [6.07, 6.45) is 11.3. The number of hydrogen-bond donors (Lipinski definition) is 1. The average molecular weight is 287 g/mol. The van der Waals surface area contributed by atoms with Crippen molar-refractivity contribution in [2.45, 2.75) is 64.8 Å². The molecule has 118 valence electrons. The van der Waals surface area contributed by atoms with Crippen molar-refractivity contribution in [1.82, 2.24) is 5.32 Å². The topological polar surface area (TPSA) is 12.0 Å². The van der Waals surface area contributed by atoms with Crippen LogP contribution in [0.2, 0.25) is 0 Å². The Labute approximate surface area is 131 Å². The van der Waals surface area contributed by atoms with Crippen LogP contribution in [0.25, 0.3) is 0 Å². The number of rotatable bonds is 6. The molecule has 2 rings (SSSR count). The van der Waals surface area contributed by atoms with Crippen LogP contribution in [0.1, 0.15) is 58.8 Å². The molecule has 0 amide bonds. The molecule has 1 heteroatoms. The van der Waals surface area contributed by atoms with E-state index in [1.807, 2.05) is 0 Å². The van der Waals surface area contributed by atoms with Gasteiger partial charge in [0, 0.05) is 12.6 Å². The molecule has 0 bridgehead atoms. The molecular formula is C20H33N. The Hall–Kier alpha value is -0.820. The zero-order chi connectivity index (χ0) is 15.5. The van der Waals surface area contributed by atoms with Crippen LogP contribution >= 0.6 is 0 Å². The van der Waals surface area contributed by atoms with E-state index in [0.29, 0.717) is 11.8 Å². The van der Waals surface area contributed by atoms with Gasteiger partial charge in [-0.15, -0.1) is 6.58 Å². The molecular weight excluding hydrogens is 254 g/mol. The van der Waals surface area contributed by atoms with E-state index < -0.39 is 0 Å². The summed E-state index contributed by atoms with van der Waals surface area (Å²) in [5.41, 5.74) is 2.93. The maximum atomic E-state index is 4.39. The van der Waals surface area contributed by atoms with Gasteiger partial charge in [0.1, 0.15) is 0 Å². The molecule has 0 aromatic heterocycles. The zero-order valence-electron chi connectivity index (χ0n) is 14.1. The minimum absolute atomic E-state index is 0.224.